The number of ether oxygens (including phenoxy) is 1. The molecule has 0 bridgehead atoms. The third-order valence-electron chi connectivity index (χ3n) is 1.45. The SMILES string of the molecule is O=CCC1C=COCC1. The Bertz CT molecular complexity index is 118. The van der Waals surface area contributed by atoms with Crippen molar-refractivity contribution in [2.45, 2.75) is 12.8 Å². The van der Waals surface area contributed by atoms with Crippen LogP contribution in [-0.2, 0) is 9.53 Å². The zero-order valence-corrected chi connectivity index (χ0v) is 5.25. The second-order valence-corrected chi connectivity index (χ2v) is 2.15. The molecule has 2 nitrogen and oxygen atoms in total. The highest BCUT2D eigenvalue weighted by atomic mass is 16.5. The minimum atomic E-state index is 0.427. The van der Waals surface area contributed by atoms with Crippen LogP contribution >= 0.6 is 0 Å². The Kier molecular flexibility index (Phi) is 2.31. The Labute approximate surface area is 54.5 Å². The van der Waals surface area contributed by atoms with Crippen LogP contribution in [0, 0.1) is 5.92 Å². The van der Waals surface area contributed by atoms with Crippen molar-refractivity contribution >= 4 is 6.29 Å². The molecule has 1 atom stereocenters. The third kappa shape index (κ3) is 1.88. The zero-order chi connectivity index (χ0) is 6.53. The Morgan fingerprint density at radius 3 is 3.22 bits per heavy atom. The zero-order valence-electron chi connectivity index (χ0n) is 5.25. The molecule has 9 heavy (non-hydrogen) atoms. The summed E-state index contributed by atoms with van der Waals surface area (Å²) in [6.45, 7) is 0.759. The fourth-order valence-corrected chi connectivity index (χ4v) is 0.870. The van der Waals surface area contributed by atoms with Crippen molar-refractivity contribution in [3.05, 3.63) is 12.3 Å². The van der Waals surface area contributed by atoms with Crippen molar-refractivity contribution in [2.24, 2.45) is 5.92 Å². The summed E-state index contributed by atoms with van der Waals surface area (Å²) in [5, 5.41) is 0. The van der Waals surface area contributed by atoms with E-state index in [2.05, 4.69) is 0 Å². The van der Waals surface area contributed by atoms with E-state index in [-0.39, 0.29) is 0 Å². The standard InChI is InChI=1S/C7H10O2/c8-4-1-7-2-5-9-6-3-7/h2,4-5,7H,1,3,6H2. The van der Waals surface area contributed by atoms with Gasteiger partial charge in [0.1, 0.15) is 6.29 Å². The van der Waals surface area contributed by atoms with Crippen LogP contribution < -0.4 is 0 Å². The summed E-state index contributed by atoms with van der Waals surface area (Å²) >= 11 is 0. The Hall–Kier alpha value is -0.790. The van der Waals surface area contributed by atoms with Gasteiger partial charge in [-0.1, -0.05) is 0 Å². The van der Waals surface area contributed by atoms with Gasteiger partial charge in [-0.2, -0.15) is 0 Å². The van der Waals surface area contributed by atoms with Crippen LogP contribution in [0.1, 0.15) is 12.8 Å². The van der Waals surface area contributed by atoms with Crippen LogP contribution in [0.2, 0.25) is 0 Å². The van der Waals surface area contributed by atoms with Crippen LogP contribution in [-0.4, -0.2) is 12.9 Å². The molecule has 0 radical (unpaired) electrons. The fourth-order valence-electron chi connectivity index (χ4n) is 0.870. The predicted molar refractivity (Wildman–Crippen MR) is 33.9 cm³/mol. The molecule has 1 aliphatic rings. The highest BCUT2D eigenvalue weighted by molar-refractivity contribution is 5.50. The number of hydrogen-bond donors (Lipinski definition) is 0. The average Bonchev–Trinajstić information content (AvgIpc) is 1.91. The minimum Gasteiger partial charge on any atom is -0.501 e. The first-order chi connectivity index (χ1) is 4.43. The van der Waals surface area contributed by atoms with Crippen LogP contribution in [0.4, 0.5) is 0 Å². The van der Waals surface area contributed by atoms with Crippen LogP contribution in [0.5, 0.6) is 0 Å². The summed E-state index contributed by atoms with van der Waals surface area (Å²) in [4.78, 5) is 10.00. The lowest BCUT2D eigenvalue weighted by Crippen LogP contribution is -2.06. The van der Waals surface area contributed by atoms with Crippen molar-refractivity contribution in [3.8, 4) is 0 Å². The second kappa shape index (κ2) is 3.28. The van der Waals surface area contributed by atoms with Gasteiger partial charge in [0.2, 0.25) is 0 Å². The first-order valence-corrected chi connectivity index (χ1v) is 3.15. The molecule has 0 saturated carbocycles. The van der Waals surface area contributed by atoms with Crippen molar-refractivity contribution in [1.82, 2.24) is 0 Å². The molecule has 0 amide bonds. The van der Waals surface area contributed by atoms with Gasteiger partial charge in [0.15, 0.2) is 0 Å². The lowest BCUT2D eigenvalue weighted by molar-refractivity contribution is -0.108. The van der Waals surface area contributed by atoms with Gasteiger partial charge in [0.05, 0.1) is 12.9 Å². The number of aldehydes is 1. The summed E-state index contributed by atoms with van der Waals surface area (Å²) in [6.07, 6.45) is 6.20. The maximum Gasteiger partial charge on any atom is 0.120 e. The molecule has 0 spiro atoms. The Morgan fingerprint density at radius 1 is 1.78 bits per heavy atom. The minimum absolute atomic E-state index is 0.427. The van der Waals surface area contributed by atoms with Crippen LogP contribution in [0.25, 0.3) is 0 Å². The Balaban J connectivity index is 2.31. The molecular weight excluding hydrogens is 116 g/mol. The topological polar surface area (TPSA) is 26.3 Å². The van der Waals surface area contributed by atoms with E-state index in [1.165, 1.54) is 0 Å². The van der Waals surface area contributed by atoms with E-state index in [0.717, 1.165) is 19.3 Å². The van der Waals surface area contributed by atoms with E-state index in [9.17, 15) is 4.79 Å². The molecule has 1 unspecified atom stereocenters. The van der Waals surface area contributed by atoms with Crippen molar-refractivity contribution in [1.29, 1.82) is 0 Å². The summed E-state index contributed by atoms with van der Waals surface area (Å²) in [5.74, 6) is 0.427. The number of carbonyl (C=O) groups excluding carboxylic acids is 1. The monoisotopic (exact) mass is 126 g/mol. The molecule has 0 aromatic rings. The molecule has 1 heterocycles. The van der Waals surface area contributed by atoms with E-state index >= 15 is 0 Å². The number of carbonyl (C=O) groups is 1. The third-order valence-corrected chi connectivity index (χ3v) is 1.45. The highest BCUT2D eigenvalue weighted by Gasteiger charge is 2.06. The quantitative estimate of drug-likeness (QED) is 0.518. The second-order valence-electron chi connectivity index (χ2n) is 2.15. The van der Waals surface area contributed by atoms with Crippen molar-refractivity contribution in [2.75, 3.05) is 6.61 Å². The molecule has 0 N–H and O–H groups in total. The summed E-state index contributed by atoms with van der Waals surface area (Å²) in [6, 6.07) is 0. The van der Waals surface area contributed by atoms with Crippen molar-refractivity contribution < 1.29 is 9.53 Å². The summed E-state index contributed by atoms with van der Waals surface area (Å²) in [5.41, 5.74) is 0. The number of allylic oxidation sites excluding steroid dienone is 1. The lowest BCUT2D eigenvalue weighted by Gasteiger charge is -2.13. The van der Waals surface area contributed by atoms with E-state index in [0.29, 0.717) is 12.3 Å². The predicted octanol–water partition coefficient (Wildman–Crippen LogP) is 1.13. The van der Waals surface area contributed by atoms with Crippen molar-refractivity contribution in [3.63, 3.8) is 0 Å². The smallest absolute Gasteiger partial charge is 0.120 e. The molecule has 50 valence electrons. The molecule has 0 aromatic carbocycles. The number of rotatable bonds is 2. The molecule has 0 fully saturated rings. The van der Waals surface area contributed by atoms with Gasteiger partial charge in [-0.05, 0) is 18.4 Å². The largest absolute Gasteiger partial charge is 0.501 e. The highest BCUT2D eigenvalue weighted by Crippen LogP contribution is 2.12. The normalized spacial score (nSPS) is 25.1. The molecule has 1 rings (SSSR count). The van der Waals surface area contributed by atoms with Gasteiger partial charge in [0.25, 0.3) is 0 Å². The van der Waals surface area contributed by atoms with Crippen LogP contribution in [0.15, 0.2) is 12.3 Å². The molecular formula is C7H10O2. The van der Waals surface area contributed by atoms with Gasteiger partial charge in [-0.25, -0.2) is 0 Å². The first-order valence-electron chi connectivity index (χ1n) is 3.15. The van der Waals surface area contributed by atoms with E-state index in [4.69, 9.17) is 4.74 Å². The van der Waals surface area contributed by atoms with Gasteiger partial charge < -0.3 is 9.53 Å². The van der Waals surface area contributed by atoms with Gasteiger partial charge in [-0.15, -0.1) is 0 Å². The van der Waals surface area contributed by atoms with Gasteiger partial charge in [0, 0.05) is 6.42 Å². The molecule has 2 heteroatoms. The number of hydrogen-bond acceptors (Lipinski definition) is 2. The molecule has 0 aliphatic carbocycles. The molecule has 0 aromatic heterocycles. The van der Waals surface area contributed by atoms with E-state index in [1.54, 1.807) is 6.26 Å². The fraction of sp³-hybridized carbons (Fsp3) is 0.571. The summed E-state index contributed by atoms with van der Waals surface area (Å²) < 4.78 is 4.95. The molecule has 1 aliphatic heterocycles. The molecule has 0 saturated heterocycles. The maximum atomic E-state index is 10.00. The Morgan fingerprint density at radius 2 is 2.67 bits per heavy atom. The van der Waals surface area contributed by atoms with Gasteiger partial charge in [-0.3, -0.25) is 0 Å². The average molecular weight is 126 g/mol. The lowest BCUT2D eigenvalue weighted by atomic mass is 10.0. The van der Waals surface area contributed by atoms with E-state index < -0.39 is 0 Å². The van der Waals surface area contributed by atoms with E-state index in [1.807, 2.05) is 6.08 Å². The first kappa shape index (κ1) is 6.33. The van der Waals surface area contributed by atoms with Gasteiger partial charge >= 0.3 is 0 Å². The summed E-state index contributed by atoms with van der Waals surface area (Å²) in [7, 11) is 0. The van der Waals surface area contributed by atoms with Crippen LogP contribution in [0.3, 0.4) is 0 Å². The maximum absolute atomic E-state index is 10.00.